The van der Waals surface area contributed by atoms with Gasteiger partial charge in [0.05, 0.1) is 12.6 Å². The molecule has 21 heavy (non-hydrogen) atoms. The monoisotopic (exact) mass is 291 g/mol. The number of likely N-dealkylation sites (N-methyl/N-ethyl adjacent to an activating group) is 1. The highest BCUT2D eigenvalue weighted by atomic mass is 16.5. The van der Waals surface area contributed by atoms with Crippen molar-refractivity contribution in [3.63, 3.8) is 0 Å². The molecule has 0 aromatic heterocycles. The van der Waals surface area contributed by atoms with Crippen LogP contribution in [0, 0.1) is 0 Å². The van der Waals surface area contributed by atoms with Gasteiger partial charge in [-0.3, -0.25) is 9.69 Å². The Labute approximate surface area is 129 Å². The molecule has 0 radical (unpaired) electrons. The molecule has 0 bridgehead atoms. The average molecular weight is 291 g/mol. The lowest BCUT2D eigenvalue weighted by Crippen LogP contribution is -2.54. The zero-order chi connectivity index (χ0) is 15.9. The lowest BCUT2D eigenvalue weighted by molar-refractivity contribution is -0.131. The number of hydrogen-bond acceptors (Lipinski definition) is 3. The van der Waals surface area contributed by atoms with Crippen LogP contribution in [0.15, 0.2) is 24.3 Å². The van der Waals surface area contributed by atoms with E-state index in [-0.39, 0.29) is 5.54 Å². The Morgan fingerprint density at radius 2 is 1.76 bits per heavy atom. The van der Waals surface area contributed by atoms with Crippen LogP contribution in [0.25, 0.3) is 0 Å². The molecule has 0 unspecified atom stereocenters. The SMILES string of the molecule is CCN(CC)C(CC)(CC)C(=O)Cc1cccc(OC)c1. The van der Waals surface area contributed by atoms with Crippen LogP contribution in [0.3, 0.4) is 0 Å². The van der Waals surface area contributed by atoms with Gasteiger partial charge >= 0.3 is 0 Å². The molecule has 1 rings (SSSR count). The quantitative estimate of drug-likeness (QED) is 0.694. The van der Waals surface area contributed by atoms with Crippen LogP contribution in [-0.2, 0) is 11.2 Å². The summed E-state index contributed by atoms with van der Waals surface area (Å²) in [6.07, 6.45) is 2.18. The predicted octanol–water partition coefficient (Wildman–Crippen LogP) is 3.71. The highest BCUT2D eigenvalue weighted by Gasteiger charge is 2.38. The molecule has 118 valence electrons. The van der Waals surface area contributed by atoms with Crippen molar-refractivity contribution >= 4 is 5.78 Å². The molecule has 0 aliphatic carbocycles. The molecule has 0 N–H and O–H groups in total. The van der Waals surface area contributed by atoms with Gasteiger partial charge in [0.15, 0.2) is 5.78 Å². The van der Waals surface area contributed by atoms with Crippen LogP contribution in [0.5, 0.6) is 5.75 Å². The molecule has 0 saturated carbocycles. The minimum Gasteiger partial charge on any atom is -0.497 e. The highest BCUT2D eigenvalue weighted by molar-refractivity contribution is 5.90. The first-order chi connectivity index (χ1) is 10.1. The van der Waals surface area contributed by atoms with E-state index in [1.165, 1.54) is 0 Å². The Kier molecular flexibility index (Phi) is 6.90. The molecular formula is C18H29NO2. The fourth-order valence-corrected chi connectivity index (χ4v) is 3.23. The number of ether oxygens (including phenoxy) is 1. The van der Waals surface area contributed by atoms with Gasteiger partial charge in [0.25, 0.3) is 0 Å². The highest BCUT2D eigenvalue weighted by Crippen LogP contribution is 2.27. The summed E-state index contributed by atoms with van der Waals surface area (Å²) in [5.41, 5.74) is 0.685. The van der Waals surface area contributed by atoms with Crippen molar-refractivity contribution in [1.29, 1.82) is 0 Å². The minimum atomic E-state index is -0.341. The number of hydrogen-bond donors (Lipinski definition) is 0. The fourth-order valence-electron chi connectivity index (χ4n) is 3.23. The van der Waals surface area contributed by atoms with Crippen LogP contribution in [0.1, 0.15) is 46.1 Å². The maximum absolute atomic E-state index is 13.0. The number of ketones is 1. The Bertz CT molecular complexity index is 448. The van der Waals surface area contributed by atoms with Crippen molar-refractivity contribution in [2.24, 2.45) is 0 Å². The lowest BCUT2D eigenvalue weighted by atomic mass is 9.83. The number of methoxy groups -OCH3 is 1. The summed E-state index contributed by atoms with van der Waals surface area (Å²) in [4.78, 5) is 15.3. The number of Topliss-reactive ketones (excluding diaryl/α,β-unsaturated/α-hetero) is 1. The van der Waals surface area contributed by atoms with Crippen LogP contribution >= 0.6 is 0 Å². The molecule has 1 aromatic carbocycles. The standard InChI is InChI=1S/C18H29NO2/c1-6-18(7-2,19(8-3)9-4)17(20)14-15-11-10-12-16(13-15)21-5/h10-13H,6-9,14H2,1-5H3. The molecule has 1 aromatic rings. The van der Waals surface area contributed by atoms with Crippen molar-refractivity contribution < 1.29 is 9.53 Å². The summed E-state index contributed by atoms with van der Waals surface area (Å²) in [5, 5.41) is 0. The van der Waals surface area contributed by atoms with Crippen molar-refractivity contribution in [2.45, 2.75) is 52.5 Å². The second-order valence-electron chi connectivity index (χ2n) is 5.36. The lowest BCUT2D eigenvalue weighted by Gasteiger charge is -2.41. The second-order valence-corrected chi connectivity index (χ2v) is 5.36. The van der Waals surface area contributed by atoms with Crippen LogP contribution in [0.4, 0.5) is 0 Å². The van der Waals surface area contributed by atoms with Crippen LogP contribution in [0.2, 0.25) is 0 Å². The fraction of sp³-hybridized carbons (Fsp3) is 0.611. The Balaban J connectivity index is 3.00. The van der Waals surface area contributed by atoms with Crippen molar-refractivity contribution in [3.8, 4) is 5.75 Å². The van der Waals surface area contributed by atoms with Gasteiger partial charge in [-0.05, 0) is 43.6 Å². The molecule has 0 saturated heterocycles. The molecule has 0 spiro atoms. The van der Waals surface area contributed by atoms with Gasteiger partial charge < -0.3 is 4.74 Å². The molecule has 0 aliphatic rings. The zero-order valence-electron chi connectivity index (χ0n) is 14.1. The van der Waals surface area contributed by atoms with E-state index < -0.39 is 0 Å². The Morgan fingerprint density at radius 3 is 2.24 bits per heavy atom. The Hall–Kier alpha value is -1.35. The first-order valence-electron chi connectivity index (χ1n) is 7.99. The van der Waals surface area contributed by atoms with Crippen molar-refractivity contribution in [1.82, 2.24) is 4.90 Å². The van der Waals surface area contributed by atoms with E-state index >= 15 is 0 Å². The maximum atomic E-state index is 13.0. The predicted molar refractivity (Wildman–Crippen MR) is 87.9 cm³/mol. The van der Waals surface area contributed by atoms with Gasteiger partial charge in [0.1, 0.15) is 5.75 Å². The molecule has 0 atom stereocenters. The third kappa shape index (κ3) is 3.85. The average Bonchev–Trinajstić information content (AvgIpc) is 2.52. The minimum absolute atomic E-state index is 0.310. The van der Waals surface area contributed by atoms with Crippen LogP contribution < -0.4 is 4.74 Å². The molecule has 0 aliphatic heterocycles. The van der Waals surface area contributed by atoms with Gasteiger partial charge in [-0.2, -0.15) is 0 Å². The van der Waals surface area contributed by atoms with Gasteiger partial charge in [-0.15, -0.1) is 0 Å². The van der Waals surface area contributed by atoms with Gasteiger partial charge in [-0.1, -0.05) is 39.8 Å². The van der Waals surface area contributed by atoms with E-state index in [4.69, 9.17) is 4.74 Å². The van der Waals surface area contributed by atoms with E-state index in [1.54, 1.807) is 7.11 Å². The van der Waals surface area contributed by atoms with E-state index in [9.17, 15) is 4.79 Å². The second kappa shape index (κ2) is 8.18. The topological polar surface area (TPSA) is 29.5 Å². The third-order valence-corrected chi connectivity index (χ3v) is 4.56. The molecule has 0 fully saturated rings. The largest absolute Gasteiger partial charge is 0.497 e. The molecule has 3 nitrogen and oxygen atoms in total. The first-order valence-corrected chi connectivity index (χ1v) is 7.99. The smallest absolute Gasteiger partial charge is 0.157 e. The maximum Gasteiger partial charge on any atom is 0.157 e. The van der Waals surface area contributed by atoms with Gasteiger partial charge in [0.2, 0.25) is 0 Å². The third-order valence-electron chi connectivity index (χ3n) is 4.56. The molecule has 0 heterocycles. The van der Waals surface area contributed by atoms with Crippen LogP contribution in [-0.4, -0.2) is 36.4 Å². The van der Waals surface area contributed by atoms with Gasteiger partial charge in [-0.25, -0.2) is 0 Å². The van der Waals surface area contributed by atoms with Crippen molar-refractivity contribution in [2.75, 3.05) is 20.2 Å². The normalized spacial score (nSPS) is 11.7. The van der Waals surface area contributed by atoms with E-state index in [0.29, 0.717) is 12.2 Å². The van der Waals surface area contributed by atoms with Gasteiger partial charge in [0, 0.05) is 6.42 Å². The first kappa shape index (κ1) is 17.7. The number of carbonyl (C=O) groups excluding carboxylic acids is 1. The summed E-state index contributed by atoms with van der Waals surface area (Å²) < 4.78 is 5.24. The summed E-state index contributed by atoms with van der Waals surface area (Å²) in [5.74, 6) is 1.12. The number of benzene rings is 1. The zero-order valence-corrected chi connectivity index (χ0v) is 14.1. The van der Waals surface area contributed by atoms with Crippen molar-refractivity contribution in [3.05, 3.63) is 29.8 Å². The summed E-state index contributed by atoms with van der Waals surface area (Å²) in [6.45, 7) is 10.3. The van der Waals surface area contributed by atoms with E-state index in [1.807, 2.05) is 24.3 Å². The number of carbonyl (C=O) groups is 1. The van der Waals surface area contributed by atoms with E-state index in [2.05, 4.69) is 32.6 Å². The summed E-state index contributed by atoms with van der Waals surface area (Å²) in [6, 6.07) is 7.80. The summed E-state index contributed by atoms with van der Waals surface area (Å²) in [7, 11) is 1.65. The van der Waals surface area contributed by atoms with E-state index in [0.717, 1.165) is 37.2 Å². The number of rotatable bonds is 9. The molecule has 3 heteroatoms. The number of nitrogens with zero attached hydrogens (tertiary/aromatic N) is 1. The molecular weight excluding hydrogens is 262 g/mol. The molecule has 0 amide bonds. The Morgan fingerprint density at radius 1 is 1.14 bits per heavy atom. The summed E-state index contributed by atoms with van der Waals surface area (Å²) >= 11 is 0.